The zero-order chi connectivity index (χ0) is 25.1. The van der Waals surface area contributed by atoms with Gasteiger partial charge < -0.3 is 19.7 Å². The van der Waals surface area contributed by atoms with Crippen LogP contribution in [-0.4, -0.2) is 55.8 Å². The predicted molar refractivity (Wildman–Crippen MR) is 138 cm³/mol. The molecule has 7 nitrogen and oxygen atoms in total. The first-order chi connectivity index (χ1) is 16.8. The molecule has 4 rings (SSSR count). The highest BCUT2D eigenvalue weighted by atomic mass is 35.5. The van der Waals surface area contributed by atoms with E-state index in [9.17, 15) is 4.39 Å². The third kappa shape index (κ3) is 5.60. The van der Waals surface area contributed by atoms with E-state index in [-0.39, 0.29) is 17.8 Å². The van der Waals surface area contributed by atoms with Gasteiger partial charge >= 0.3 is 0 Å². The second kappa shape index (κ2) is 10.7. The monoisotopic (exact) mass is 499 g/mol. The van der Waals surface area contributed by atoms with E-state index >= 15 is 0 Å². The third-order valence-electron chi connectivity index (χ3n) is 6.21. The summed E-state index contributed by atoms with van der Waals surface area (Å²) in [5.41, 5.74) is 1.77. The first-order valence-corrected chi connectivity index (χ1v) is 11.9. The Morgan fingerprint density at radius 1 is 1.03 bits per heavy atom. The molecule has 1 N–H and O–H groups in total. The van der Waals surface area contributed by atoms with Gasteiger partial charge in [0.1, 0.15) is 34.8 Å². The van der Waals surface area contributed by atoms with E-state index in [2.05, 4.69) is 36.0 Å². The van der Waals surface area contributed by atoms with Crippen molar-refractivity contribution in [2.45, 2.75) is 25.8 Å². The minimum absolute atomic E-state index is 0.124. The molecule has 1 fully saturated rings. The molecular formula is C26H31ClFN5O2. The lowest BCUT2D eigenvalue weighted by molar-refractivity contribution is 0.220. The van der Waals surface area contributed by atoms with Crippen LogP contribution in [0.25, 0.3) is 0 Å². The maximum absolute atomic E-state index is 13.5. The Labute approximate surface area is 210 Å². The number of halogens is 2. The molecule has 0 bridgehead atoms. The topological polar surface area (TPSA) is 62.8 Å². The number of likely N-dealkylation sites (N-methyl/N-ethyl adjacent to an activating group) is 1. The van der Waals surface area contributed by atoms with Crippen LogP contribution in [0.4, 0.5) is 21.7 Å². The Morgan fingerprint density at radius 3 is 2.40 bits per heavy atom. The molecular weight excluding hydrogens is 469 g/mol. The summed E-state index contributed by atoms with van der Waals surface area (Å²) >= 11 is 6.27. The summed E-state index contributed by atoms with van der Waals surface area (Å²) in [7, 11) is 5.26. The standard InChI is InChI=1S/C26H31ClFN5O2/c1-16(2)26-30-24(29-20-13-22(34-4)19(27)12-23(20)35-5)14-25(31-26)33-11-10-32(3)21(15-33)17-6-8-18(28)9-7-17/h6-9,12-14,16,21H,10-11,15H2,1-5H3,(H,29,30,31). The minimum atomic E-state index is -0.230. The van der Waals surface area contributed by atoms with Crippen molar-refractivity contribution in [3.63, 3.8) is 0 Å². The molecule has 0 radical (unpaired) electrons. The number of benzene rings is 2. The average molecular weight is 500 g/mol. The molecule has 1 unspecified atom stereocenters. The number of piperazine rings is 1. The SMILES string of the molecule is COc1cc(Nc2cc(N3CCN(C)C(c4ccc(F)cc4)C3)nc(C(C)C)n2)c(OC)cc1Cl. The van der Waals surface area contributed by atoms with Gasteiger partial charge in [-0.15, -0.1) is 0 Å². The van der Waals surface area contributed by atoms with Crippen molar-refractivity contribution in [1.82, 2.24) is 14.9 Å². The second-order valence-corrected chi connectivity index (χ2v) is 9.34. The van der Waals surface area contributed by atoms with Crippen molar-refractivity contribution < 1.29 is 13.9 Å². The van der Waals surface area contributed by atoms with Crippen molar-refractivity contribution in [3.05, 3.63) is 64.7 Å². The number of rotatable bonds is 7. The minimum Gasteiger partial charge on any atom is -0.495 e. The molecule has 9 heteroatoms. The van der Waals surface area contributed by atoms with Gasteiger partial charge in [0.05, 0.1) is 31.0 Å². The summed E-state index contributed by atoms with van der Waals surface area (Å²) in [6.45, 7) is 6.54. The number of aromatic nitrogens is 2. The van der Waals surface area contributed by atoms with Crippen LogP contribution in [0.3, 0.4) is 0 Å². The van der Waals surface area contributed by atoms with Gasteiger partial charge in [-0.05, 0) is 24.7 Å². The molecule has 3 aromatic rings. The fraction of sp³-hybridized carbons (Fsp3) is 0.385. The molecule has 1 atom stereocenters. The molecule has 0 spiro atoms. The zero-order valence-electron chi connectivity index (χ0n) is 20.7. The number of nitrogens with zero attached hydrogens (tertiary/aromatic N) is 4. The summed E-state index contributed by atoms with van der Waals surface area (Å²) < 4.78 is 24.4. The van der Waals surface area contributed by atoms with Crippen molar-refractivity contribution in [3.8, 4) is 11.5 Å². The Kier molecular flexibility index (Phi) is 7.62. The largest absolute Gasteiger partial charge is 0.495 e. The van der Waals surface area contributed by atoms with Crippen LogP contribution in [-0.2, 0) is 0 Å². The van der Waals surface area contributed by atoms with Crippen LogP contribution in [0, 0.1) is 5.82 Å². The Bertz CT molecular complexity index is 1180. The number of hydrogen-bond acceptors (Lipinski definition) is 7. The third-order valence-corrected chi connectivity index (χ3v) is 6.51. The highest BCUT2D eigenvalue weighted by Gasteiger charge is 2.27. The fourth-order valence-electron chi connectivity index (χ4n) is 4.16. The van der Waals surface area contributed by atoms with E-state index in [4.69, 9.17) is 31.0 Å². The number of anilines is 3. The normalized spacial score (nSPS) is 16.5. The highest BCUT2D eigenvalue weighted by molar-refractivity contribution is 6.32. The Balaban J connectivity index is 1.66. The average Bonchev–Trinajstić information content (AvgIpc) is 2.85. The number of methoxy groups -OCH3 is 2. The van der Waals surface area contributed by atoms with Gasteiger partial charge in [-0.2, -0.15) is 0 Å². The zero-order valence-corrected chi connectivity index (χ0v) is 21.4. The number of nitrogens with one attached hydrogen (secondary N) is 1. The van der Waals surface area contributed by atoms with Crippen LogP contribution in [0.2, 0.25) is 5.02 Å². The molecule has 35 heavy (non-hydrogen) atoms. The van der Waals surface area contributed by atoms with E-state index in [1.165, 1.54) is 12.1 Å². The molecule has 1 aliphatic heterocycles. The van der Waals surface area contributed by atoms with Gasteiger partial charge in [0, 0.05) is 43.8 Å². The van der Waals surface area contributed by atoms with Crippen LogP contribution in [0.5, 0.6) is 11.5 Å². The van der Waals surface area contributed by atoms with E-state index in [1.54, 1.807) is 26.4 Å². The molecule has 186 valence electrons. The number of hydrogen-bond donors (Lipinski definition) is 1. The van der Waals surface area contributed by atoms with Crippen molar-refractivity contribution >= 4 is 28.9 Å². The molecule has 1 saturated heterocycles. The quantitative estimate of drug-likeness (QED) is 0.451. The number of ether oxygens (including phenoxy) is 2. The summed E-state index contributed by atoms with van der Waals surface area (Å²) in [6.07, 6.45) is 0. The van der Waals surface area contributed by atoms with Gasteiger partial charge in [0.25, 0.3) is 0 Å². The lowest BCUT2D eigenvalue weighted by atomic mass is 10.0. The highest BCUT2D eigenvalue weighted by Crippen LogP contribution is 2.38. The predicted octanol–water partition coefficient (Wildman–Crippen LogP) is 5.65. The molecule has 1 aliphatic rings. The summed E-state index contributed by atoms with van der Waals surface area (Å²) in [4.78, 5) is 14.2. The lowest BCUT2D eigenvalue weighted by Gasteiger charge is -2.40. The maximum atomic E-state index is 13.5. The van der Waals surface area contributed by atoms with Crippen LogP contribution < -0.4 is 19.7 Å². The molecule has 2 heterocycles. The Morgan fingerprint density at radius 2 is 1.74 bits per heavy atom. The van der Waals surface area contributed by atoms with Crippen molar-refractivity contribution in [2.24, 2.45) is 0 Å². The summed E-state index contributed by atoms with van der Waals surface area (Å²) in [6, 6.07) is 12.3. The summed E-state index contributed by atoms with van der Waals surface area (Å²) in [5, 5.41) is 3.83. The van der Waals surface area contributed by atoms with E-state index < -0.39 is 0 Å². The second-order valence-electron chi connectivity index (χ2n) is 8.93. The lowest BCUT2D eigenvalue weighted by Crippen LogP contribution is -2.47. The first-order valence-electron chi connectivity index (χ1n) is 11.6. The smallest absolute Gasteiger partial charge is 0.144 e. The fourth-order valence-corrected chi connectivity index (χ4v) is 4.39. The van der Waals surface area contributed by atoms with Crippen molar-refractivity contribution in [1.29, 1.82) is 0 Å². The van der Waals surface area contributed by atoms with Crippen LogP contribution in [0.15, 0.2) is 42.5 Å². The van der Waals surface area contributed by atoms with E-state index in [0.717, 1.165) is 36.8 Å². The molecule has 0 saturated carbocycles. The molecule has 0 amide bonds. The molecule has 2 aromatic carbocycles. The van der Waals surface area contributed by atoms with Crippen LogP contribution in [0.1, 0.15) is 37.2 Å². The van der Waals surface area contributed by atoms with Gasteiger partial charge in [0.2, 0.25) is 0 Å². The summed E-state index contributed by atoms with van der Waals surface area (Å²) in [5.74, 6) is 3.25. The van der Waals surface area contributed by atoms with Gasteiger partial charge in [-0.1, -0.05) is 37.6 Å². The van der Waals surface area contributed by atoms with Crippen molar-refractivity contribution in [2.75, 3.05) is 51.1 Å². The van der Waals surface area contributed by atoms with E-state index in [0.29, 0.717) is 28.0 Å². The Hall–Kier alpha value is -3.10. The van der Waals surface area contributed by atoms with Crippen LogP contribution >= 0.6 is 11.6 Å². The molecule has 1 aromatic heterocycles. The van der Waals surface area contributed by atoms with Gasteiger partial charge in [-0.3, -0.25) is 4.90 Å². The maximum Gasteiger partial charge on any atom is 0.144 e. The van der Waals surface area contributed by atoms with Gasteiger partial charge in [0.15, 0.2) is 0 Å². The van der Waals surface area contributed by atoms with Gasteiger partial charge in [-0.25, -0.2) is 14.4 Å². The first kappa shape index (κ1) is 25.0. The molecule has 0 aliphatic carbocycles. The van der Waals surface area contributed by atoms with E-state index in [1.807, 2.05) is 18.2 Å².